The largest absolute Gasteiger partial charge is 0.573 e. The van der Waals surface area contributed by atoms with Gasteiger partial charge in [-0.3, -0.25) is 0 Å². The predicted octanol–water partition coefficient (Wildman–Crippen LogP) is 8.46. The molecular weight excluding hydrogens is 416 g/mol. The van der Waals surface area contributed by atoms with Crippen molar-refractivity contribution in [1.29, 1.82) is 0 Å². The molecule has 2 aromatic rings. The first-order chi connectivity index (χ1) is 15.3. The quantitative estimate of drug-likeness (QED) is 0.403. The molecule has 0 amide bonds. The molecule has 0 heterocycles. The van der Waals surface area contributed by atoms with Crippen molar-refractivity contribution in [3.05, 3.63) is 64.5 Å². The first-order valence-corrected chi connectivity index (χ1v) is 12.0. The Morgan fingerprint density at radius 1 is 0.906 bits per heavy atom. The number of aryl methyl sites for hydroxylation is 1. The maximum absolute atomic E-state index is 15.1. The first kappa shape index (κ1) is 23.1. The number of fused-ring (bicyclic) bond motifs is 1. The molecule has 1 saturated carbocycles. The molecule has 0 N–H and O–H groups in total. The van der Waals surface area contributed by atoms with Crippen molar-refractivity contribution in [2.75, 3.05) is 0 Å². The summed E-state index contributed by atoms with van der Waals surface area (Å²) < 4.78 is 56.6. The minimum absolute atomic E-state index is 0.0516. The van der Waals surface area contributed by atoms with Crippen LogP contribution in [0.25, 0.3) is 0 Å². The van der Waals surface area contributed by atoms with E-state index in [-0.39, 0.29) is 17.5 Å². The molecule has 32 heavy (non-hydrogen) atoms. The second kappa shape index (κ2) is 9.84. The normalized spacial score (nSPS) is 23.6. The second-order valence-electron chi connectivity index (χ2n) is 9.56. The SMILES string of the molecule is CCCCC1CCC(c2ccc(C3CCc4cc(OC(F)(F)F)ccc4C3)c(F)c2)CC1. The van der Waals surface area contributed by atoms with Crippen LogP contribution in [0.5, 0.6) is 5.75 Å². The summed E-state index contributed by atoms with van der Waals surface area (Å²) in [5, 5.41) is 0. The topological polar surface area (TPSA) is 9.23 Å². The smallest absolute Gasteiger partial charge is 0.406 e. The number of unbranched alkanes of at least 4 members (excludes halogenated alkanes) is 1. The summed E-state index contributed by atoms with van der Waals surface area (Å²) in [4.78, 5) is 0. The molecule has 1 fully saturated rings. The maximum Gasteiger partial charge on any atom is 0.573 e. The molecule has 0 saturated heterocycles. The number of halogens is 4. The molecule has 174 valence electrons. The minimum atomic E-state index is -4.69. The Labute approximate surface area is 188 Å². The average Bonchev–Trinajstić information content (AvgIpc) is 2.76. The van der Waals surface area contributed by atoms with Crippen LogP contribution >= 0.6 is 0 Å². The Morgan fingerprint density at radius 2 is 1.69 bits per heavy atom. The third-order valence-corrected chi connectivity index (χ3v) is 7.39. The lowest BCUT2D eigenvalue weighted by atomic mass is 9.76. The van der Waals surface area contributed by atoms with E-state index in [1.165, 1.54) is 44.2 Å². The third-order valence-electron chi connectivity index (χ3n) is 7.39. The Morgan fingerprint density at radius 3 is 2.38 bits per heavy atom. The molecule has 2 aliphatic rings. The molecule has 1 unspecified atom stereocenters. The van der Waals surface area contributed by atoms with Crippen molar-refractivity contribution in [1.82, 2.24) is 0 Å². The summed E-state index contributed by atoms with van der Waals surface area (Å²) >= 11 is 0. The van der Waals surface area contributed by atoms with Crippen molar-refractivity contribution >= 4 is 0 Å². The van der Waals surface area contributed by atoms with E-state index < -0.39 is 6.36 Å². The van der Waals surface area contributed by atoms with Crippen LogP contribution < -0.4 is 4.74 Å². The standard InChI is InChI=1S/C27H32F4O/c1-2-3-4-18-5-7-19(8-6-18)22-12-14-25(26(28)17-22)23-10-9-21-16-24(32-27(29,30)31)13-11-20(21)15-23/h11-14,16-19,23H,2-10,15H2,1H3. The van der Waals surface area contributed by atoms with E-state index in [4.69, 9.17) is 0 Å². The monoisotopic (exact) mass is 448 g/mol. The zero-order chi connectivity index (χ0) is 22.7. The Hall–Kier alpha value is -2.04. The van der Waals surface area contributed by atoms with Gasteiger partial charge in [0, 0.05) is 0 Å². The summed E-state index contributed by atoms with van der Waals surface area (Å²) in [6, 6.07) is 10.3. The van der Waals surface area contributed by atoms with Crippen molar-refractivity contribution in [2.24, 2.45) is 5.92 Å². The predicted molar refractivity (Wildman–Crippen MR) is 119 cm³/mol. The molecule has 0 spiro atoms. The molecule has 0 aromatic heterocycles. The highest BCUT2D eigenvalue weighted by atomic mass is 19.4. The Bertz CT molecular complexity index is 912. The fourth-order valence-corrected chi connectivity index (χ4v) is 5.60. The van der Waals surface area contributed by atoms with Gasteiger partial charge in [-0.25, -0.2) is 4.39 Å². The molecule has 0 aliphatic heterocycles. The van der Waals surface area contributed by atoms with Gasteiger partial charge in [0.05, 0.1) is 0 Å². The highest BCUT2D eigenvalue weighted by Gasteiger charge is 2.32. The van der Waals surface area contributed by atoms with E-state index in [0.717, 1.165) is 47.4 Å². The molecule has 1 nitrogen and oxygen atoms in total. The van der Waals surface area contributed by atoms with E-state index in [1.807, 2.05) is 6.07 Å². The fourth-order valence-electron chi connectivity index (χ4n) is 5.60. The Kier molecular flexibility index (Phi) is 7.11. The van der Waals surface area contributed by atoms with Crippen LogP contribution in [-0.4, -0.2) is 6.36 Å². The van der Waals surface area contributed by atoms with Gasteiger partial charge in [0.15, 0.2) is 0 Å². The van der Waals surface area contributed by atoms with Crippen molar-refractivity contribution in [3.63, 3.8) is 0 Å². The van der Waals surface area contributed by atoms with Gasteiger partial charge in [-0.2, -0.15) is 0 Å². The van der Waals surface area contributed by atoms with Crippen LogP contribution in [0.1, 0.15) is 92.4 Å². The summed E-state index contributed by atoms with van der Waals surface area (Å²) in [6.07, 6.45) is 5.95. The molecule has 5 heteroatoms. The number of ether oxygens (including phenoxy) is 1. The summed E-state index contributed by atoms with van der Waals surface area (Å²) in [5.74, 6) is 1.02. The summed E-state index contributed by atoms with van der Waals surface area (Å²) in [7, 11) is 0. The molecule has 2 aliphatic carbocycles. The fraction of sp³-hybridized carbons (Fsp3) is 0.556. The van der Waals surface area contributed by atoms with Gasteiger partial charge >= 0.3 is 6.36 Å². The van der Waals surface area contributed by atoms with E-state index in [9.17, 15) is 13.2 Å². The van der Waals surface area contributed by atoms with E-state index in [1.54, 1.807) is 12.1 Å². The van der Waals surface area contributed by atoms with Crippen LogP contribution in [0.3, 0.4) is 0 Å². The number of hydrogen-bond acceptors (Lipinski definition) is 1. The van der Waals surface area contributed by atoms with Gasteiger partial charge in [-0.1, -0.05) is 44.4 Å². The van der Waals surface area contributed by atoms with Gasteiger partial charge < -0.3 is 4.74 Å². The number of hydrogen-bond donors (Lipinski definition) is 0. The molecule has 4 rings (SSSR count). The van der Waals surface area contributed by atoms with E-state index >= 15 is 4.39 Å². The molecule has 0 radical (unpaired) electrons. The van der Waals surface area contributed by atoms with Gasteiger partial charge in [-0.15, -0.1) is 13.2 Å². The van der Waals surface area contributed by atoms with Crippen LogP contribution in [0, 0.1) is 11.7 Å². The lowest BCUT2D eigenvalue weighted by molar-refractivity contribution is -0.274. The maximum atomic E-state index is 15.1. The number of benzene rings is 2. The van der Waals surface area contributed by atoms with Crippen LogP contribution in [0.2, 0.25) is 0 Å². The van der Waals surface area contributed by atoms with Gasteiger partial charge in [-0.05, 0) is 103 Å². The third kappa shape index (κ3) is 5.65. The zero-order valence-corrected chi connectivity index (χ0v) is 18.7. The van der Waals surface area contributed by atoms with E-state index in [2.05, 4.69) is 17.7 Å². The second-order valence-corrected chi connectivity index (χ2v) is 9.56. The molecule has 0 bridgehead atoms. The van der Waals surface area contributed by atoms with Gasteiger partial charge in [0.25, 0.3) is 0 Å². The van der Waals surface area contributed by atoms with Crippen LogP contribution in [0.4, 0.5) is 17.6 Å². The van der Waals surface area contributed by atoms with Crippen LogP contribution in [0.15, 0.2) is 36.4 Å². The van der Waals surface area contributed by atoms with Crippen molar-refractivity contribution in [3.8, 4) is 5.75 Å². The van der Waals surface area contributed by atoms with Gasteiger partial charge in [0.1, 0.15) is 11.6 Å². The minimum Gasteiger partial charge on any atom is -0.406 e. The van der Waals surface area contributed by atoms with Crippen LogP contribution in [-0.2, 0) is 12.8 Å². The van der Waals surface area contributed by atoms with E-state index in [0.29, 0.717) is 18.8 Å². The summed E-state index contributed by atoms with van der Waals surface area (Å²) in [6.45, 7) is 2.24. The molecular formula is C27H32F4O. The first-order valence-electron chi connectivity index (χ1n) is 12.0. The lowest BCUT2D eigenvalue weighted by Gasteiger charge is -2.30. The van der Waals surface area contributed by atoms with Gasteiger partial charge in [0.2, 0.25) is 0 Å². The lowest BCUT2D eigenvalue weighted by Crippen LogP contribution is -2.18. The van der Waals surface area contributed by atoms with Crippen molar-refractivity contribution in [2.45, 2.75) is 89.3 Å². The highest BCUT2D eigenvalue weighted by Crippen LogP contribution is 2.40. The Balaban J connectivity index is 1.40. The van der Waals surface area contributed by atoms with Crippen molar-refractivity contribution < 1.29 is 22.3 Å². The molecule has 2 aromatic carbocycles. The zero-order valence-electron chi connectivity index (χ0n) is 18.7. The average molecular weight is 449 g/mol. The summed E-state index contributed by atoms with van der Waals surface area (Å²) in [5.41, 5.74) is 3.68. The number of rotatable bonds is 6. The molecule has 1 atom stereocenters. The highest BCUT2D eigenvalue weighted by molar-refractivity contribution is 5.40. The number of alkyl halides is 3.